The third kappa shape index (κ3) is 3.01. The van der Waals surface area contributed by atoms with Gasteiger partial charge in [-0.3, -0.25) is 0 Å². The number of nitrogens with zero attached hydrogens (tertiary/aromatic N) is 3. The van der Waals surface area contributed by atoms with Crippen molar-refractivity contribution in [1.29, 1.82) is 0 Å². The summed E-state index contributed by atoms with van der Waals surface area (Å²) in [5.74, 6) is 0.552. The highest BCUT2D eigenvalue weighted by Gasteiger charge is 2.12. The van der Waals surface area contributed by atoms with Crippen molar-refractivity contribution in [3.8, 4) is 0 Å². The van der Waals surface area contributed by atoms with Crippen molar-refractivity contribution >= 4 is 17.4 Å². The van der Waals surface area contributed by atoms with Crippen LogP contribution in [-0.2, 0) is 6.54 Å². The number of hydrogen-bond acceptors (Lipinski definition) is 3. The molecule has 5 heteroatoms. The molecule has 0 aliphatic rings. The molecule has 0 spiro atoms. The minimum Gasteiger partial charge on any atom is -0.354 e. The van der Waals surface area contributed by atoms with Crippen molar-refractivity contribution < 1.29 is 4.39 Å². The van der Waals surface area contributed by atoms with Gasteiger partial charge < -0.3 is 4.90 Å². The lowest BCUT2D eigenvalue weighted by Gasteiger charge is -2.20. The second-order valence-electron chi connectivity index (χ2n) is 4.55. The van der Waals surface area contributed by atoms with Crippen molar-refractivity contribution in [3.05, 3.63) is 51.9 Å². The number of rotatable bonds is 3. The SMILES string of the molecule is Cc1c(Cl)nnc(N(C)Cc2ccc(F)cc2)c1C. The van der Waals surface area contributed by atoms with Gasteiger partial charge in [-0.2, -0.15) is 0 Å². The molecule has 3 nitrogen and oxygen atoms in total. The second kappa shape index (κ2) is 5.53. The van der Waals surface area contributed by atoms with Gasteiger partial charge in [0.15, 0.2) is 11.0 Å². The van der Waals surface area contributed by atoms with Gasteiger partial charge >= 0.3 is 0 Å². The largest absolute Gasteiger partial charge is 0.354 e. The van der Waals surface area contributed by atoms with E-state index in [-0.39, 0.29) is 5.82 Å². The van der Waals surface area contributed by atoms with Crippen LogP contribution in [0.3, 0.4) is 0 Å². The predicted molar refractivity (Wildman–Crippen MR) is 75.0 cm³/mol. The molecule has 1 heterocycles. The summed E-state index contributed by atoms with van der Waals surface area (Å²) in [5.41, 5.74) is 2.94. The summed E-state index contributed by atoms with van der Waals surface area (Å²) in [4.78, 5) is 1.97. The minimum atomic E-state index is -0.232. The summed E-state index contributed by atoms with van der Waals surface area (Å²) >= 11 is 5.93. The van der Waals surface area contributed by atoms with Crippen molar-refractivity contribution in [2.45, 2.75) is 20.4 Å². The van der Waals surface area contributed by atoms with Gasteiger partial charge in [0.05, 0.1) is 0 Å². The van der Waals surface area contributed by atoms with Gasteiger partial charge in [0.25, 0.3) is 0 Å². The first-order valence-corrected chi connectivity index (χ1v) is 6.32. The molecule has 0 radical (unpaired) electrons. The second-order valence-corrected chi connectivity index (χ2v) is 4.90. The molecule has 2 rings (SSSR count). The van der Waals surface area contributed by atoms with Gasteiger partial charge in [-0.15, -0.1) is 10.2 Å². The number of halogens is 2. The topological polar surface area (TPSA) is 29.0 Å². The monoisotopic (exact) mass is 279 g/mol. The first-order chi connectivity index (χ1) is 8.99. The fourth-order valence-electron chi connectivity index (χ4n) is 1.86. The van der Waals surface area contributed by atoms with Gasteiger partial charge in [0.1, 0.15) is 5.82 Å². The molecule has 0 N–H and O–H groups in total. The van der Waals surface area contributed by atoms with E-state index in [2.05, 4.69) is 10.2 Å². The average molecular weight is 280 g/mol. The van der Waals surface area contributed by atoms with Gasteiger partial charge in [-0.1, -0.05) is 23.7 Å². The van der Waals surface area contributed by atoms with Crippen LogP contribution in [-0.4, -0.2) is 17.2 Å². The van der Waals surface area contributed by atoms with Crippen LogP contribution in [0.2, 0.25) is 5.15 Å². The van der Waals surface area contributed by atoms with Crippen molar-refractivity contribution in [1.82, 2.24) is 10.2 Å². The fraction of sp³-hybridized carbons (Fsp3) is 0.286. The van der Waals surface area contributed by atoms with Crippen LogP contribution in [0.5, 0.6) is 0 Å². The summed E-state index contributed by atoms with van der Waals surface area (Å²) in [6, 6.07) is 6.43. The Morgan fingerprint density at radius 1 is 1.11 bits per heavy atom. The number of anilines is 1. The van der Waals surface area contributed by atoms with E-state index in [1.807, 2.05) is 25.8 Å². The lowest BCUT2D eigenvalue weighted by Crippen LogP contribution is -2.20. The molecule has 0 saturated heterocycles. The van der Waals surface area contributed by atoms with Crippen LogP contribution in [0.25, 0.3) is 0 Å². The Morgan fingerprint density at radius 3 is 2.37 bits per heavy atom. The van der Waals surface area contributed by atoms with E-state index < -0.39 is 0 Å². The Kier molecular flexibility index (Phi) is 4.00. The number of hydrogen-bond donors (Lipinski definition) is 0. The maximum atomic E-state index is 12.9. The van der Waals surface area contributed by atoms with E-state index in [4.69, 9.17) is 11.6 Å². The van der Waals surface area contributed by atoms with E-state index in [0.717, 1.165) is 22.5 Å². The molecule has 0 atom stereocenters. The van der Waals surface area contributed by atoms with Gasteiger partial charge in [-0.25, -0.2) is 4.39 Å². The Morgan fingerprint density at radius 2 is 1.74 bits per heavy atom. The molecule has 0 aliphatic heterocycles. The molecule has 1 aromatic heterocycles. The van der Waals surface area contributed by atoms with Crippen LogP contribution in [0.1, 0.15) is 16.7 Å². The molecular formula is C14H15ClFN3. The molecule has 1 aromatic carbocycles. The highest BCUT2D eigenvalue weighted by Crippen LogP contribution is 2.23. The summed E-state index contributed by atoms with van der Waals surface area (Å²) in [6.07, 6.45) is 0. The zero-order valence-corrected chi connectivity index (χ0v) is 11.9. The Bertz CT molecular complexity index is 584. The maximum absolute atomic E-state index is 12.9. The number of benzene rings is 1. The molecule has 19 heavy (non-hydrogen) atoms. The van der Waals surface area contributed by atoms with E-state index in [9.17, 15) is 4.39 Å². The summed E-state index contributed by atoms with van der Waals surface area (Å²) in [7, 11) is 1.92. The molecular weight excluding hydrogens is 265 g/mol. The van der Waals surface area contributed by atoms with Crippen LogP contribution in [0.15, 0.2) is 24.3 Å². The quantitative estimate of drug-likeness (QED) is 0.861. The summed E-state index contributed by atoms with van der Waals surface area (Å²) in [5, 5.41) is 8.48. The average Bonchev–Trinajstić information content (AvgIpc) is 2.39. The maximum Gasteiger partial charge on any atom is 0.155 e. The molecule has 0 amide bonds. The van der Waals surface area contributed by atoms with E-state index in [1.165, 1.54) is 12.1 Å². The normalized spacial score (nSPS) is 10.6. The zero-order chi connectivity index (χ0) is 14.0. The van der Waals surface area contributed by atoms with E-state index >= 15 is 0 Å². The summed E-state index contributed by atoms with van der Waals surface area (Å²) < 4.78 is 12.9. The molecule has 0 aliphatic carbocycles. The number of aromatic nitrogens is 2. The molecule has 0 fully saturated rings. The van der Waals surface area contributed by atoms with Crippen molar-refractivity contribution in [2.75, 3.05) is 11.9 Å². The van der Waals surface area contributed by atoms with Crippen molar-refractivity contribution in [2.24, 2.45) is 0 Å². The van der Waals surface area contributed by atoms with E-state index in [0.29, 0.717) is 11.7 Å². The van der Waals surface area contributed by atoms with Crippen LogP contribution in [0.4, 0.5) is 10.2 Å². The standard InChI is InChI=1S/C14H15ClFN3/c1-9-10(2)14(18-17-13(9)15)19(3)8-11-4-6-12(16)7-5-11/h4-7H,8H2,1-3H3. The molecule has 100 valence electrons. The Labute approximate surface area is 117 Å². The van der Waals surface area contributed by atoms with Crippen LogP contribution >= 0.6 is 11.6 Å². The lowest BCUT2D eigenvalue weighted by molar-refractivity contribution is 0.627. The Balaban J connectivity index is 2.23. The third-order valence-corrected chi connectivity index (χ3v) is 3.49. The molecule has 2 aromatic rings. The van der Waals surface area contributed by atoms with Gasteiger partial charge in [0.2, 0.25) is 0 Å². The van der Waals surface area contributed by atoms with E-state index in [1.54, 1.807) is 12.1 Å². The Hall–Kier alpha value is -1.68. The lowest BCUT2D eigenvalue weighted by atomic mass is 10.1. The smallest absolute Gasteiger partial charge is 0.155 e. The van der Waals surface area contributed by atoms with Gasteiger partial charge in [0, 0.05) is 13.6 Å². The highest BCUT2D eigenvalue weighted by molar-refractivity contribution is 6.30. The van der Waals surface area contributed by atoms with Crippen molar-refractivity contribution in [3.63, 3.8) is 0 Å². The van der Waals surface area contributed by atoms with Crippen LogP contribution in [0, 0.1) is 19.7 Å². The molecule has 0 saturated carbocycles. The van der Waals surface area contributed by atoms with Crippen LogP contribution < -0.4 is 4.90 Å². The van der Waals surface area contributed by atoms with Gasteiger partial charge in [-0.05, 0) is 42.7 Å². The fourth-order valence-corrected chi connectivity index (χ4v) is 2.04. The summed E-state index contributed by atoms with van der Waals surface area (Å²) in [6.45, 7) is 4.52. The predicted octanol–water partition coefficient (Wildman–Crippen LogP) is 3.52. The third-order valence-electron chi connectivity index (χ3n) is 3.13. The first kappa shape index (κ1) is 13.7. The molecule has 0 unspecified atom stereocenters. The first-order valence-electron chi connectivity index (χ1n) is 5.94. The minimum absolute atomic E-state index is 0.232. The highest BCUT2D eigenvalue weighted by atomic mass is 35.5. The zero-order valence-electron chi connectivity index (χ0n) is 11.1. The molecule has 0 bridgehead atoms.